The lowest BCUT2D eigenvalue weighted by Gasteiger charge is -2.31. The van der Waals surface area contributed by atoms with Crippen LogP contribution >= 0.6 is 11.6 Å². The molecule has 4 rings (SSSR count). The molecule has 7 nitrogen and oxygen atoms in total. The zero-order valence-electron chi connectivity index (χ0n) is 13.9. The standard InChI is InChI=1S/C19H13ClN2O5/c20-12-4-2-5-13(8-12)21-16-10-27-19(24)18(16)15(9-17(21)23)11-3-1-6-14(7-11)22(25)26/h1-8,15H,9-10H2/t15-/m1/s1. The molecule has 2 heterocycles. The van der Waals surface area contributed by atoms with Gasteiger partial charge in [0.25, 0.3) is 5.69 Å². The smallest absolute Gasteiger partial charge is 0.336 e. The van der Waals surface area contributed by atoms with Crippen LogP contribution in [0, 0.1) is 10.1 Å². The van der Waals surface area contributed by atoms with Crippen LogP contribution in [0.3, 0.4) is 0 Å². The summed E-state index contributed by atoms with van der Waals surface area (Å²) in [6.07, 6.45) is 0.00160. The maximum absolute atomic E-state index is 12.9. The van der Waals surface area contributed by atoms with Crippen LogP contribution in [0.25, 0.3) is 0 Å². The lowest BCUT2D eigenvalue weighted by molar-refractivity contribution is -0.384. The van der Waals surface area contributed by atoms with Crippen molar-refractivity contribution in [2.45, 2.75) is 12.3 Å². The highest BCUT2D eigenvalue weighted by Gasteiger charge is 2.43. The molecule has 0 radical (unpaired) electrons. The number of nitrogens with zero attached hydrogens (tertiary/aromatic N) is 2. The number of nitro groups is 1. The highest BCUT2D eigenvalue weighted by atomic mass is 35.5. The van der Waals surface area contributed by atoms with Crippen LogP contribution < -0.4 is 4.90 Å². The molecule has 0 N–H and O–H groups in total. The van der Waals surface area contributed by atoms with E-state index in [0.717, 1.165) is 0 Å². The van der Waals surface area contributed by atoms with Gasteiger partial charge in [0, 0.05) is 29.5 Å². The van der Waals surface area contributed by atoms with Crippen LogP contribution in [0.5, 0.6) is 0 Å². The average Bonchev–Trinajstić information content (AvgIpc) is 3.02. The lowest BCUT2D eigenvalue weighted by Crippen LogP contribution is -2.37. The van der Waals surface area contributed by atoms with E-state index in [0.29, 0.717) is 27.5 Å². The fraction of sp³-hybridized carbons (Fsp3) is 0.158. The molecule has 27 heavy (non-hydrogen) atoms. The van der Waals surface area contributed by atoms with Crippen LogP contribution in [-0.2, 0) is 14.3 Å². The number of non-ortho nitro benzene ring substituents is 1. The quantitative estimate of drug-likeness (QED) is 0.458. The Morgan fingerprint density at radius 1 is 1.15 bits per heavy atom. The minimum absolute atomic E-state index is 0.00160. The van der Waals surface area contributed by atoms with Crippen molar-refractivity contribution in [1.82, 2.24) is 0 Å². The van der Waals surface area contributed by atoms with Gasteiger partial charge in [-0.3, -0.25) is 19.8 Å². The van der Waals surface area contributed by atoms with Crippen molar-refractivity contribution in [2.24, 2.45) is 0 Å². The van der Waals surface area contributed by atoms with Gasteiger partial charge in [-0.05, 0) is 23.8 Å². The Morgan fingerprint density at radius 2 is 1.93 bits per heavy atom. The number of rotatable bonds is 3. The molecule has 0 aromatic heterocycles. The molecule has 0 saturated heterocycles. The van der Waals surface area contributed by atoms with E-state index in [-0.39, 0.29) is 24.6 Å². The van der Waals surface area contributed by atoms with Gasteiger partial charge in [0.15, 0.2) is 0 Å². The maximum atomic E-state index is 12.9. The number of carbonyl (C=O) groups excluding carboxylic acids is 2. The summed E-state index contributed by atoms with van der Waals surface area (Å²) in [5.41, 5.74) is 1.81. The third-order valence-electron chi connectivity index (χ3n) is 4.67. The van der Waals surface area contributed by atoms with E-state index in [4.69, 9.17) is 16.3 Å². The largest absolute Gasteiger partial charge is 0.456 e. The molecule has 0 bridgehead atoms. The number of carbonyl (C=O) groups is 2. The predicted molar refractivity (Wildman–Crippen MR) is 97.4 cm³/mol. The first-order valence-electron chi connectivity index (χ1n) is 8.19. The van der Waals surface area contributed by atoms with E-state index < -0.39 is 16.8 Å². The molecule has 0 spiro atoms. The average molecular weight is 385 g/mol. The van der Waals surface area contributed by atoms with E-state index in [1.165, 1.54) is 17.0 Å². The molecule has 0 unspecified atom stereocenters. The van der Waals surface area contributed by atoms with Gasteiger partial charge in [-0.1, -0.05) is 29.8 Å². The van der Waals surface area contributed by atoms with E-state index in [2.05, 4.69) is 0 Å². The number of benzene rings is 2. The molecule has 1 atom stereocenters. The van der Waals surface area contributed by atoms with E-state index in [1.807, 2.05) is 0 Å². The summed E-state index contributed by atoms with van der Waals surface area (Å²) in [5.74, 6) is -1.33. The Morgan fingerprint density at radius 3 is 2.67 bits per heavy atom. The fourth-order valence-electron chi connectivity index (χ4n) is 3.51. The van der Waals surface area contributed by atoms with E-state index >= 15 is 0 Å². The Kier molecular flexibility index (Phi) is 4.16. The number of ether oxygens (including phenoxy) is 1. The van der Waals surface area contributed by atoms with E-state index in [1.54, 1.807) is 36.4 Å². The second-order valence-corrected chi connectivity index (χ2v) is 6.69. The first kappa shape index (κ1) is 17.2. The topological polar surface area (TPSA) is 89.7 Å². The molecule has 2 aliphatic rings. The molecule has 8 heteroatoms. The first-order chi connectivity index (χ1) is 13.0. The summed E-state index contributed by atoms with van der Waals surface area (Å²) < 4.78 is 5.19. The highest BCUT2D eigenvalue weighted by molar-refractivity contribution is 6.31. The predicted octanol–water partition coefficient (Wildman–Crippen LogP) is 3.58. The number of hydrogen-bond acceptors (Lipinski definition) is 5. The molecule has 0 saturated carbocycles. The minimum Gasteiger partial charge on any atom is -0.456 e. The van der Waals surface area contributed by atoms with Crippen molar-refractivity contribution in [3.63, 3.8) is 0 Å². The second-order valence-electron chi connectivity index (χ2n) is 6.25. The van der Waals surface area contributed by atoms with Gasteiger partial charge >= 0.3 is 5.97 Å². The summed E-state index contributed by atoms with van der Waals surface area (Å²) in [6.45, 7) is -0.0299. The minimum atomic E-state index is -0.585. The Bertz CT molecular complexity index is 1020. The van der Waals surface area contributed by atoms with Gasteiger partial charge in [0.05, 0.1) is 21.9 Å². The number of nitro benzene ring substituents is 1. The molecular weight excluding hydrogens is 372 g/mol. The molecule has 1 amide bonds. The summed E-state index contributed by atoms with van der Waals surface area (Å²) in [5, 5.41) is 11.5. The SMILES string of the molecule is O=C1OCC2=C1[C@@H](c1cccc([N+](=O)[O-])c1)CC(=O)N2c1cccc(Cl)c1. The van der Waals surface area contributed by atoms with Gasteiger partial charge in [0.2, 0.25) is 5.91 Å². The zero-order chi connectivity index (χ0) is 19.1. The van der Waals surface area contributed by atoms with Gasteiger partial charge in [-0.15, -0.1) is 0 Å². The normalized spacial score (nSPS) is 19.1. The van der Waals surface area contributed by atoms with Crippen molar-refractivity contribution < 1.29 is 19.2 Å². The zero-order valence-corrected chi connectivity index (χ0v) is 14.7. The fourth-order valence-corrected chi connectivity index (χ4v) is 3.69. The molecular formula is C19H13ClN2O5. The van der Waals surface area contributed by atoms with Gasteiger partial charge < -0.3 is 4.74 Å². The summed E-state index contributed by atoms with van der Waals surface area (Å²) >= 11 is 6.04. The highest BCUT2D eigenvalue weighted by Crippen LogP contribution is 2.42. The van der Waals surface area contributed by atoms with Crippen molar-refractivity contribution in [1.29, 1.82) is 0 Å². The number of cyclic esters (lactones) is 1. The van der Waals surface area contributed by atoms with Gasteiger partial charge in [-0.25, -0.2) is 4.79 Å². The second kappa shape index (κ2) is 6.51. The third-order valence-corrected chi connectivity index (χ3v) is 4.90. The number of anilines is 1. The Labute approximate surface area is 158 Å². The van der Waals surface area contributed by atoms with Crippen molar-refractivity contribution in [3.05, 3.63) is 80.5 Å². The number of halogens is 1. The summed E-state index contributed by atoms with van der Waals surface area (Å²) in [4.78, 5) is 37.3. The lowest BCUT2D eigenvalue weighted by atomic mass is 9.84. The van der Waals surface area contributed by atoms with Gasteiger partial charge in [-0.2, -0.15) is 0 Å². The van der Waals surface area contributed by atoms with Crippen molar-refractivity contribution in [3.8, 4) is 0 Å². The number of hydrogen-bond donors (Lipinski definition) is 0. The molecule has 136 valence electrons. The van der Waals surface area contributed by atoms with Gasteiger partial charge in [0.1, 0.15) is 6.61 Å². The number of esters is 1. The van der Waals surface area contributed by atoms with Crippen LogP contribution in [-0.4, -0.2) is 23.4 Å². The summed E-state index contributed by atoms with van der Waals surface area (Å²) in [7, 11) is 0. The molecule has 0 fully saturated rings. The molecule has 2 aromatic carbocycles. The Hall–Kier alpha value is -3.19. The molecule has 2 aromatic rings. The van der Waals surface area contributed by atoms with Crippen LogP contribution in [0.2, 0.25) is 5.02 Å². The third kappa shape index (κ3) is 2.96. The first-order valence-corrected chi connectivity index (χ1v) is 8.56. The van der Waals surface area contributed by atoms with Crippen molar-refractivity contribution >= 4 is 34.9 Å². The molecule has 2 aliphatic heterocycles. The monoisotopic (exact) mass is 384 g/mol. The van der Waals surface area contributed by atoms with E-state index in [9.17, 15) is 19.7 Å². The van der Waals surface area contributed by atoms with Crippen LogP contribution in [0.4, 0.5) is 11.4 Å². The molecule has 0 aliphatic carbocycles. The maximum Gasteiger partial charge on any atom is 0.336 e. The Balaban J connectivity index is 1.83. The van der Waals surface area contributed by atoms with Crippen molar-refractivity contribution in [2.75, 3.05) is 11.5 Å². The van der Waals surface area contributed by atoms with Crippen LogP contribution in [0.1, 0.15) is 17.9 Å². The summed E-state index contributed by atoms with van der Waals surface area (Å²) in [6, 6.07) is 12.8. The van der Waals surface area contributed by atoms with Crippen LogP contribution in [0.15, 0.2) is 59.8 Å². The number of amides is 1.